The smallest absolute Gasteiger partial charge is 0.360 e. The Labute approximate surface area is 239 Å². The molecule has 0 unspecified atom stereocenters. The molecule has 0 spiro atoms. The van der Waals surface area contributed by atoms with Crippen LogP contribution in [0.4, 0.5) is 19.1 Å². The fraction of sp³-hybridized carbons (Fsp3) is 0.423. The average Bonchev–Trinajstić information content (AvgIpc) is 3.18. The zero-order valence-electron chi connectivity index (χ0n) is 23.6. The normalized spacial score (nSPS) is 13.0. The van der Waals surface area contributed by atoms with E-state index in [0.29, 0.717) is 11.3 Å². The second-order valence-corrected chi connectivity index (χ2v) is 19.8. The van der Waals surface area contributed by atoms with Crippen molar-refractivity contribution in [3.63, 3.8) is 0 Å². The highest BCUT2D eigenvalue weighted by Crippen LogP contribution is 2.41. The summed E-state index contributed by atoms with van der Waals surface area (Å²) in [5.74, 6) is -0.102. The molecule has 0 aliphatic carbocycles. The lowest BCUT2D eigenvalue weighted by Crippen LogP contribution is -2.34. The quantitative estimate of drug-likeness (QED) is 0.104. The van der Waals surface area contributed by atoms with Crippen molar-refractivity contribution in [2.75, 3.05) is 23.9 Å². The van der Waals surface area contributed by atoms with Crippen molar-refractivity contribution < 1.29 is 43.4 Å². The maximum Gasteiger partial charge on any atom is 0.417 e. The number of hydrogen-bond donors (Lipinski definition) is 0. The number of hydrogen-bond acceptors (Lipinski definition) is 8. The number of aryl methyl sites for hydroxylation is 1. The summed E-state index contributed by atoms with van der Waals surface area (Å²) in [5, 5.41) is 3.85. The molecule has 15 heteroatoms. The van der Waals surface area contributed by atoms with Crippen molar-refractivity contribution in [3.05, 3.63) is 64.8 Å². The van der Waals surface area contributed by atoms with E-state index in [0.717, 1.165) is 28.7 Å². The molecule has 1 heterocycles. The van der Waals surface area contributed by atoms with Crippen LogP contribution in [0.2, 0.25) is 25.7 Å². The number of anilines is 1. The van der Waals surface area contributed by atoms with Gasteiger partial charge in [0.05, 0.1) is 29.0 Å². The summed E-state index contributed by atoms with van der Waals surface area (Å²) in [7, 11) is -9.95. The third-order valence-corrected chi connectivity index (χ3v) is 10.2. The molecule has 1 aromatic heterocycles. The molecule has 0 N–H and O–H groups in total. The standard InChI is InChI=1S/C26H33F3N2O7S2Si/c1-18-19(2)30-38-25(18)31(17-36-13-14-41(4,5)6)40(34,35)24-10-8-7-9-22(24)21-12-11-20(16-37-39(3,32)33)15-23(21)26(27,28)29/h7-12,15H,13-14,16-17H2,1-6H3. The lowest BCUT2D eigenvalue weighted by atomic mass is 9.97. The van der Waals surface area contributed by atoms with Gasteiger partial charge >= 0.3 is 6.18 Å². The summed E-state index contributed by atoms with van der Waals surface area (Å²) in [5.41, 5.74) is -0.953. The minimum atomic E-state index is -4.90. The average molecular weight is 635 g/mol. The number of nitrogens with zero attached hydrogens (tertiary/aromatic N) is 2. The minimum Gasteiger partial charge on any atom is -0.360 e. The maximum absolute atomic E-state index is 14.2. The van der Waals surface area contributed by atoms with Gasteiger partial charge in [0.25, 0.3) is 20.1 Å². The summed E-state index contributed by atoms with van der Waals surface area (Å²) in [6, 6.07) is 9.15. The predicted octanol–water partition coefficient (Wildman–Crippen LogP) is 5.96. The Morgan fingerprint density at radius 2 is 1.66 bits per heavy atom. The van der Waals surface area contributed by atoms with Crippen LogP contribution in [0.15, 0.2) is 51.9 Å². The summed E-state index contributed by atoms with van der Waals surface area (Å²) in [6.45, 7) is 8.91. The molecule has 2 aromatic carbocycles. The van der Waals surface area contributed by atoms with E-state index >= 15 is 0 Å². The van der Waals surface area contributed by atoms with Gasteiger partial charge in [-0.15, -0.1) is 0 Å². The van der Waals surface area contributed by atoms with E-state index < -0.39 is 63.8 Å². The van der Waals surface area contributed by atoms with E-state index in [1.807, 2.05) is 0 Å². The Hall–Kier alpha value is -2.72. The fourth-order valence-electron chi connectivity index (χ4n) is 3.76. The number of rotatable bonds is 12. The van der Waals surface area contributed by atoms with Crippen molar-refractivity contribution in [3.8, 4) is 11.1 Å². The third kappa shape index (κ3) is 8.41. The maximum atomic E-state index is 14.2. The SMILES string of the molecule is Cc1noc(N(COCC[Si](C)(C)C)S(=O)(=O)c2ccccc2-c2ccc(COS(C)(=O)=O)cc2C(F)(F)F)c1C. The number of halogens is 3. The molecule has 0 amide bonds. The topological polar surface area (TPSA) is 116 Å². The van der Waals surface area contributed by atoms with Gasteiger partial charge < -0.3 is 9.26 Å². The lowest BCUT2D eigenvalue weighted by Gasteiger charge is -2.25. The van der Waals surface area contributed by atoms with Gasteiger partial charge in [-0.25, -0.2) is 12.7 Å². The van der Waals surface area contributed by atoms with Crippen molar-refractivity contribution in [2.24, 2.45) is 0 Å². The first kappa shape index (κ1) is 32.8. The van der Waals surface area contributed by atoms with Gasteiger partial charge in [-0.05, 0) is 43.2 Å². The van der Waals surface area contributed by atoms with Crippen molar-refractivity contribution in [1.29, 1.82) is 0 Å². The largest absolute Gasteiger partial charge is 0.417 e. The molecule has 0 saturated heterocycles. The number of sulfonamides is 1. The summed E-state index contributed by atoms with van der Waals surface area (Å²) in [4.78, 5) is -0.409. The zero-order chi connectivity index (χ0) is 30.8. The predicted molar refractivity (Wildman–Crippen MR) is 151 cm³/mol. The Morgan fingerprint density at radius 1 is 1.00 bits per heavy atom. The van der Waals surface area contributed by atoms with Gasteiger partial charge in [-0.2, -0.15) is 21.6 Å². The Kier molecular flexibility index (Phi) is 9.80. The van der Waals surface area contributed by atoms with Crippen LogP contribution < -0.4 is 4.31 Å². The van der Waals surface area contributed by atoms with Crippen LogP contribution in [0.5, 0.6) is 0 Å². The van der Waals surface area contributed by atoms with Crippen molar-refractivity contribution in [1.82, 2.24) is 5.16 Å². The first-order valence-corrected chi connectivity index (χ1v) is 19.4. The molecule has 0 aliphatic heterocycles. The van der Waals surface area contributed by atoms with Crippen LogP contribution in [0.3, 0.4) is 0 Å². The van der Waals surface area contributed by atoms with E-state index in [2.05, 4.69) is 29.0 Å². The van der Waals surface area contributed by atoms with Crippen LogP contribution in [0, 0.1) is 13.8 Å². The summed E-state index contributed by atoms with van der Waals surface area (Å²) >= 11 is 0. The van der Waals surface area contributed by atoms with Gasteiger partial charge in [-0.1, -0.05) is 55.1 Å². The van der Waals surface area contributed by atoms with E-state index in [1.165, 1.54) is 30.3 Å². The first-order chi connectivity index (χ1) is 18.8. The van der Waals surface area contributed by atoms with Gasteiger partial charge in [0.2, 0.25) is 5.88 Å². The van der Waals surface area contributed by atoms with Crippen LogP contribution in [-0.2, 0) is 41.8 Å². The van der Waals surface area contributed by atoms with Crippen LogP contribution in [0.1, 0.15) is 22.4 Å². The van der Waals surface area contributed by atoms with E-state index in [4.69, 9.17) is 9.26 Å². The zero-order valence-corrected chi connectivity index (χ0v) is 26.2. The Morgan fingerprint density at radius 3 is 2.22 bits per heavy atom. The summed E-state index contributed by atoms with van der Waals surface area (Å²) < 4.78 is 110. The first-order valence-electron chi connectivity index (χ1n) is 12.5. The molecule has 0 saturated carbocycles. The minimum absolute atomic E-state index is 0.0583. The van der Waals surface area contributed by atoms with Gasteiger partial charge in [0.15, 0.2) is 0 Å². The number of benzene rings is 2. The molecule has 0 aliphatic rings. The molecule has 9 nitrogen and oxygen atoms in total. The van der Waals surface area contributed by atoms with Crippen LogP contribution in [-0.4, -0.2) is 49.7 Å². The highest BCUT2D eigenvalue weighted by Gasteiger charge is 2.37. The van der Waals surface area contributed by atoms with Crippen LogP contribution >= 0.6 is 0 Å². The summed E-state index contributed by atoms with van der Waals surface area (Å²) in [6.07, 6.45) is -4.11. The van der Waals surface area contributed by atoms with E-state index in [9.17, 15) is 30.0 Å². The van der Waals surface area contributed by atoms with Crippen LogP contribution in [0.25, 0.3) is 11.1 Å². The molecular weight excluding hydrogens is 602 g/mol. The molecule has 0 atom stereocenters. The Balaban J connectivity index is 2.13. The van der Waals surface area contributed by atoms with E-state index in [-0.39, 0.29) is 23.6 Å². The highest BCUT2D eigenvalue weighted by atomic mass is 32.2. The van der Waals surface area contributed by atoms with Gasteiger partial charge in [0.1, 0.15) is 6.73 Å². The van der Waals surface area contributed by atoms with Gasteiger partial charge in [0, 0.05) is 25.8 Å². The fourth-order valence-corrected chi connectivity index (χ4v) is 6.41. The molecule has 0 fully saturated rings. The second-order valence-electron chi connectivity index (χ2n) is 10.7. The number of aromatic nitrogens is 1. The monoisotopic (exact) mass is 634 g/mol. The van der Waals surface area contributed by atoms with Gasteiger partial charge in [-0.3, -0.25) is 4.18 Å². The molecule has 226 valence electrons. The third-order valence-electron chi connectivity index (χ3n) is 6.14. The molecule has 0 bridgehead atoms. The second kappa shape index (κ2) is 12.3. The Bertz CT molecular complexity index is 1600. The molecule has 3 rings (SSSR count). The highest BCUT2D eigenvalue weighted by molar-refractivity contribution is 7.93. The number of ether oxygens (including phenoxy) is 1. The number of alkyl halides is 3. The van der Waals surface area contributed by atoms with Crippen molar-refractivity contribution in [2.45, 2.75) is 57.2 Å². The molecular formula is C26H33F3N2O7S2Si. The van der Waals surface area contributed by atoms with E-state index in [1.54, 1.807) is 13.8 Å². The molecule has 0 radical (unpaired) electrons. The lowest BCUT2D eigenvalue weighted by molar-refractivity contribution is -0.137. The molecule has 41 heavy (non-hydrogen) atoms. The molecule has 3 aromatic rings. The van der Waals surface area contributed by atoms with Crippen molar-refractivity contribution >= 4 is 34.1 Å².